The number of anilines is 2. The first-order valence-corrected chi connectivity index (χ1v) is 6.02. The second-order valence-corrected chi connectivity index (χ2v) is 4.15. The molecule has 0 fully saturated rings. The molecule has 2 aromatic heterocycles. The van der Waals surface area contributed by atoms with Crippen molar-refractivity contribution in [3.05, 3.63) is 29.8 Å². The fourth-order valence-corrected chi connectivity index (χ4v) is 1.77. The number of methoxy groups -OCH3 is 1. The van der Waals surface area contributed by atoms with E-state index in [-0.39, 0.29) is 0 Å². The molecule has 0 unspecified atom stereocenters. The van der Waals surface area contributed by atoms with Crippen molar-refractivity contribution in [1.29, 1.82) is 0 Å². The van der Waals surface area contributed by atoms with Crippen molar-refractivity contribution in [2.24, 2.45) is 7.05 Å². The summed E-state index contributed by atoms with van der Waals surface area (Å²) in [5.74, 6) is 1.72. The first kappa shape index (κ1) is 13.3. The minimum Gasteiger partial charge on any atom is -0.384 e. The molecule has 3 N–H and O–H groups in total. The van der Waals surface area contributed by atoms with Gasteiger partial charge in [0.05, 0.1) is 0 Å². The van der Waals surface area contributed by atoms with Crippen LogP contribution in [-0.2, 0) is 24.8 Å². The van der Waals surface area contributed by atoms with E-state index in [1.165, 1.54) is 0 Å². The predicted octanol–water partition coefficient (Wildman–Crippen LogP) is 0.593. The zero-order valence-corrected chi connectivity index (χ0v) is 11.1. The highest BCUT2D eigenvalue weighted by Gasteiger charge is 2.03. The van der Waals surface area contributed by atoms with Crippen molar-refractivity contribution in [3.63, 3.8) is 0 Å². The molecule has 0 bridgehead atoms. The van der Waals surface area contributed by atoms with Crippen LogP contribution in [0.5, 0.6) is 0 Å². The normalized spacial score (nSPS) is 10.6. The number of rotatable bonds is 6. The summed E-state index contributed by atoms with van der Waals surface area (Å²) >= 11 is 0. The highest BCUT2D eigenvalue weighted by atomic mass is 16.5. The molecule has 0 aliphatic rings. The van der Waals surface area contributed by atoms with Crippen LogP contribution in [0.25, 0.3) is 0 Å². The first-order valence-electron chi connectivity index (χ1n) is 6.02. The zero-order valence-electron chi connectivity index (χ0n) is 11.1. The Morgan fingerprint density at radius 2 is 2.26 bits per heavy atom. The summed E-state index contributed by atoms with van der Waals surface area (Å²) in [5.41, 5.74) is 6.88. The van der Waals surface area contributed by atoms with Gasteiger partial charge in [0, 0.05) is 45.1 Å². The third kappa shape index (κ3) is 3.65. The third-order valence-electron chi connectivity index (χ3n) is 2.68. The van der Waals surface area contributed by atoms with Gasteiger partial charge in [-0.2, -0.15) is 5.10 Å². The molecule has 7 heteroatoms. The molecule has 7 nitrogen and oxygen atoms in total. The summed E-state index contributed by atoms with van der Waals surface area (Å²) in [7, 11) is 3.52. The van der Waals surface area contributed by atoms with Gasteiger partial charge in [-0.1, -0.05) is 0 Å². The maximum atomic E-state index is 5.72. The summed E-state index contributed by atoms with van der Waals surface area (Å²) < 4.78 is 6.85. The molecule has 0 atom stereocenters. The fourth-order valence-electron chi connectivity index (χ4n) is 1.77. The molecule has 2 rings (SSSR count). The number of nitrogens with two attached hydrogens (primary N) is 1. The number of nitrogens with one attached hydrogen (secondary N) is 1. The van der Waals surface area contributed by atoms with E-state index in [1.54, 1.807) is 19.4 Å². The molecule has 0 radical (unpaired) electrons. The standard InChI is InChI=1S/C12H18N6O/c1-18-9(4-6-15-18)3-5-14-11-7-10(13)16-12(17-11)8-19-2/h4,6-7H,3,5,8H2,1-2H3,(H3,13,14,16,17). The maximum absolute atomic E-state index is 5.72. The number of ether oxygens (including phenoxy) is 1. The van der Waals surface area contributed by atoms with E-state index in [0.29, 0.717) is 24.1 Å². The number of aryl methyl sites for hydroxylation is 1. The average Bonchev–Trinajstić information content (AvgIpc) is 2.75. The molecule has 0 saturated carbocycles. The van der Waals surface area contributed by atoms with Gasteiger partial charge >= 0.3 is 0 Å². The highest BCUT2D eigenvalue weighted by molar-refractivity contribution is 5.44. The van der Waals surface area contributed by atoms with Crippen molar-refractivity contribution in [3.8, 4) is 0 Å². The fraction of sp³-hybridized carbons (Fsp3) is 0.417. The second kappa shape index (κ2) is 6.14. The molecule has 2 heterocycles. The van der Waals surface area contributed by atoms with Crippen molar-refractivity contribution in [2.45, 2.75) is 13.0 Å². The number of nitrogen functional groups attached to an aromatic ring is 1. The van der Waals surface area contributed by atoms with Crippen LogP contribution >= 0.6 is 0 Å². The SMILES string of the molecule is COCc1nc(N)cc(NCCc2ccnn2C)n1. The third-order valence-corrected chi connectivity index (χ3v) is 2.68. The molecule has 102 valence electrons. The van der Waals surface area contributed by atoms with Gasteiger partial charge < -0.3 is 15.8 Å². The monoisotopic (exact) mass is 262 g/mol. The largest absolute Gasteiger partial charge is 0.384 e. The van der Waals surface area contributed by atoms with Gasteiger partial charge in [-0.25, -0.2) is 9.97 Å². The first-order chi connectivity index (χ1) is 9.19. The van der Waals surface area contributed by atoms with Crippen molar-refractivity contribution < 1.29 is 4.74 Å². The van der Waals surface area contributed by atoms with E-state index < -0.39 is 0 Å². The topological polar surface area (TPSA) is 90.9 Å². The molecule has 0 aliphatic heterocycles. The van der Waals surface area contributed by atoms with Gasteiger partial charge in [0.1, 0.15) is 18.2 Å². The van der Waals surface area contributed by atoms with E-state index in [2.05, 4.69) is 20.4 Å². The van der Waals surface area contributed by atoms with Gasteiger partial charge in [-0.05, 0) is 6.07 Å². The summed E-state index contributed by atoms with van der Waals surface area (Å²) in [4.78, 5) is 8.40. The van der Waals surface area contributed by atoms with Crippen molar-refractivity contribution in [2.75, 3.05) is 24.7 Å². The van der Waals surface area contributed by atoms with Crippen LogP contribution in [-0.4, -0.2) is 33.4 Å². The Morgan fingerprint density at radius 1 is 1.42 bits per heavy atom. The van der Waals surface area contributed by atoms with E-state index in [9.17, 15) is 0 Å². The molecule has 0 amide bonds. The zero-order chi connectivity index (χ0) is 13.7. The molecule has 0 aromatic carbocycles. The lowest BCUT2D eigenvalue weighted by Gasteiger charge is -2.08. The van der Waals surface area contributed by atoms with Crippen LogP contribution in [0.2, 0.25) is 0 Å². The van der Waals surface area contributed by atoms with Crippen LogP contribution in [0.3, 0.4) is 0 Å². The molecule has 0 aliphatic carbocycles. The Labute approximate surface area is 111 Å². The van der Waals surface area contributed by atoms with Gasteiger partial charge in [0.15, 0.2) is 5.82 Å². The Bertz CT molecular complexity index is 539. The molecular formula is C12H18N6O. The Morgan fingerprint density at radius 3 is 2.95 bits per heavy atom. The Kier molecular flexibility index (Phi) is 4.30. The summed E-state index contributed by atoms with van der Waals surface area (Å²) in [6, 6.07) is 3.70. The smallest absolute Gasteiger partial charge is 0.158 e. The number of aromatic nitrogens is 4. The molecule has 0 spiro atoms. The number of hydrogen-bond donors (Lipinski definition) is 2. The predicted molar refractivity (Wildman–Crippen MR) is 72.6 cm³/mol. The minimum absolute atomic E-state index is 0.349. The second-order valence-electron chi connectivity index (χ2n) is 4.15. The summed E-state index contributed by atoms with van der Waals surface area (Å²) in [6.07, 6.45) is 2.65. The van der Waals surface area contributed by atoms with Gasteiger partial charge in [0.2, 0.25) is 0 Å². The van der Waals surface area contributed by atoms with Crippen LogP contribution in [0.1, 0.15) is 11.5 Å². The lowest BCUT2D eigenvalue weighted by Crippen LogP contribution is -2.11. The van der Waals surface area contributed by atoms with Crippen LogP contribution in [0.4, 0.5) is 11.6 Å². The van der Waals surface area contributed by atoms with Crippen LogP contribution in [0.15, 0.2) is 18.3 Å². The van der Waals surface area contributed by atoms with E-state index in [1.807, 2.05) is 17.8 Å². The lowest BCUT2D eigenvalue weighted by molar-refractivity contribution is 0.178. The van der Waals surface area contributed by atoms with Crippen molar-refractivity contribution in [1.82, 2.24) is 19.7 Å². The van der Waals surface area contributed by atoms with Gasteiger partial charge in [0.25, 0.3) is 0 Å². The van der Waals surface area contributed by atoms with Crippen LogP contribution < -0.4 is 11.1 Å². The van der Waals surface area contributed by atoms with Gasteiger partial charge in [-0.15, -0.1) is 0 Å². The van der Waals surface area contributed by atoms with Crippen LogP contribution in [0, 0.1) is 0 Å². The maximum Gasteiger partial charge on any atom is 0.158 e. The van der Waals surface area contributed by atoms with Gasteiger partial charge in [-0.3, -0.25) is 4.68 Å². The highest BCUT2D eigenvalue weighted by Crippen LogP contribution is 2.09. The number of nitrogens with zero attached hydrogens (tertiary/aromatic N) is 4. The van der Waals surface area contributed by atoms with Crippen molar-refractivity contribution >= 4 is 11.6 Å². The number of hydrogen-bond acceptors (Lipinski definition) is 6. The molecule has 0 saturated heterocycles. The average molecular weight is 262 g/mol. The molecule has 2 aromatic rings. The molecular weight excluding hydrogens is 244 g/mol. The van der Waals surface area contributed by atoms with E-state index >= 15 is 0 Å². The Hall–Kier alpha value is -2.15. The summed E-state index contributed by atoms with van der Waals surface area (Å²) in [5, 5.41) is 7.34. The quantitative estimate of drug-likeness (QED) is 0.792. The minimum atomic E-state index is 0.349. The summed E-state index contributed by atoms with van der Waals surface area (Å²) in [6.45, 7) is 1.10. The van der Waals surface area contributed by atoms with E-state index in [0.717, 1.165) is 18.7 Å². The van der Waals surface area contributed by atoms with E-state index in [4.69, 9.17) is 10.5 Å². The molecule has 19 heavy (non-hydrogen) atoms. The Balaban J connectivity index is 1.94. The lowest BCUT2D eigenvalue weighted by atomic mass is 10.3.